The molecule has 3 rings (SSSR count). The first-order chi connectivity index (χ1) is 9.85. The van der Waals surface area contributed by atoms with Crippen LogP contribution in [0.2, 0.25) is 0 Å². The molecule has 1 N–H and O–H groups in total. The number of aromatic nitrogens is 1. The zero-order valence-electron chi connectivity index (χ0n) is 11.4. The summed E-state index contributed by atoms with van der Waals surface area (Å²) in [5.41, 5.74) is 1.32. The van der Waals surface area contributed by atoms with Crippen LogP contribution in [0, 0.1) is 0 Å². The first-order valence-electron chi connectivity index (χ1n) is 6.78. The predicted molar refractivity (Wildman–Crippen MR) is 81.8 cm³/mol. The zero-order valence-corrected chi connectivity index (χ0v) is 12.2. The second-order valence-corrected chi connectivity index (χ2v) is 5.78. The summed E-state index contributed by atoms with van der Waals surface area (Å²) in [6.45, 7) is 3.47. The molecule has 0 saturated heterocycles. The van der Waals surface area contributed by atoms with Crippen molar-refractivity contribution in [2.24, 2.45) is 4.99 Å². The Morgan fingerprint density at radius 3 is 2.95 bits per heavy atom. The summed E-state index contributed by atoms with van der Waals surface area (Å²) in [4.78, 5) is 8.77. The number of nitrogens with one attached hydrogen (secondary N) is 1. The zero-order chi connectivity index (χ0) is 13.8. The van der Waals surface area contributed by atoms with Crippen LogP contribution in [0.5, 0.6) is 0 Å². The van der Waals surface area contributed by atoms with Gasteiger partial charge < -0.3 is 9.73 Å². The maximum atomic E-state index is 5.57. The summed E-state index contributed by atoms with van der Waals surface area (Å²) in [5, 5.41) is 4.67. The van der Waals surface area contributed by atoms with Crippen LogP contribution in [0.25, 0.3) is 0 Å². The maximum absolute atomic E-state index is 5.57. The van der Waals surface area contributed by atoms with E-state index >= 15 is 0 Å². The van der Waals surface area contributed by atoms with Gasteiger partial charge in [0.15, 0.2) is 5.17 Å². The molecule has 1 unspecified atom stereocenters. The lowest BCUT2D eigenvalue weighted by atomic mass is 10.1. The highest BCUT2D eigenvalue weighted by atomic mass is 32.2. The van der Waals surface area contributed by atoms with Gasteiger partial charge >= 0.3 is 0 Å². The Morgan fingerprint density at radius 2 is 2.20 bits per heavy atom. The molecule has 1 aromatic carbocycles. The van der Waals surface area contributed by atoms with Crippen molar-refractivity contribution in [3.63, 3.8) is 0 Å². The number of aliphatic imine (C=N–C) groups is 1. The molecule has 1 aromatic heterocycles. The van der Waals surface area contributed by atoms with Crippen molar-refractivity contribution in [3.8, 4) is 0 Å². The molecule has 0 aliphatic carbocycles. The third kappa shape index (κ3) is 3.04. The van der Waals surface area contributed by atoms with Gasteiger partial charge in [-0.25, -0.2) is 4.98 Å². The summed E-state index contributed by atoms with van der Waals surface area (Å²) in [6, 6.07) is 10.5. The number of hydrogen-bond acceptors (Lipinski definition) is 5. The van der Waals surface area contributed by atoms with E-state index in [-0.39, 0.29) is 0 Å². The van der Waals surface area contributed by atoms with Gasteiger partial charge in [0.05, 0.1) is 24.5 Å². The van der Waals surface area contributed by atoms with Crippen LogP contribution in [0.15, 0.2) is 45.9 Å². The van der Waals surface area contributed by atoms with E-state index in [1.54, 1.807) is 18.0 Å². The third-order valence-electron chi connectivity index (χ3n) is 3.17. The number of hydrogen-bond donors (Lipinski definition) is 1. The van der Waals surface area contributed by atoms with Crippen LogP contribution < -0.4 is 5.32 Å². The largest absolute Gasteiger partial charge is 0.444 e. The molecule has 104 valence electrons. The fraction of sp³-hybridized carbons (Fsp3) is 0.333. The quantitative estimate of drug-likeness (QED) is 0.938. The van der Waals surface area contributed by atoms with Crippen LogP contribution in [0.1, 0.15) is 29.4 Å². The topological polar surface area (TPSA) is 50.4 Å². The summed E-state index contributed by atoms with van der Waals surface area (Å²) < 4.78 is 5.57. The number of benzene rings is 1. The van der Waals surface area contributed by atoms with Gasteiger partial charge in [0.25, 0.3) is 0 Å². The molecule has 1 aliphatic heterocycles. The van der Waals surface area contributed by atoms with Crippen molar-refractivity contribution >= 4 is 16.9 Å². The Bertz CT molecular complexity index is 594. The van der Waals surface area contributed by atoms with Gasteiger partial charge in [-0.3, -0.25) is 4.99 Å². The number of amidine groups is 1. The molecule has 20 heavy (non-hydrogen) atoms. The molecule has 2 heterocycles. The first-order valence-corrected chi connectivity index (χ1v) is 7.66. The number of oxazole rings is 1. The van der Waals surface area contributed by atoms with E-state index in [2.05, 4.69) is 46.5 Å². The minimum absolute atomic E-state index is 0.412. The summed E-state index contributed by atoms with van der Waals surface area (Å²) in [5.74, 6) is 1.64. The molecule has 0 fully saturated rings. The van der Waals surface area contributed by atoms with E-state index < -0.39 is 0 Å². The molecule has 5 heteroatoms. The van der Waals surface area contributed by atoms with Crippen molar-refractivity contribution in [2.75, 3.05) is 6.54 Å². The number of nitrogens with zero attached hydrogens (tertiary/aromatic N) is 2. The highest BCUT2D eigenvalue weighted by molar-refractivity contribution is 8.14. The van der Waals surface area contributed by atoms with Crippen molar-refractivity contribution in [3.05, 3.63) is 53.7 Å². The molecule has 0 saturated carbocycles. The van der Waals surface area contributed by atoms with Crippen molar-refractivity contribution in [2.45, 2.75) is 25.1 Å². The van der Waals surface area contributed by atoms with Crippen molar-refractivity contribution in [1.29, 1.82) is 0 Å². The Labute approximate surface area is 122 Å². The highest BCUT2D eigenvalue weighted by Gasteiger charge is 2.21. The Morgan fingerprint density at radius 1 is 1.35 bits per heavy atom. The normalized spacial score (nSPS) is 18.1. The second-order valence-electron chi connectivity index (χ2n) is 4.59. The molecule has 0 bridgehead atoms. The van der Waals surface area contributed by atoms with Gasteiger partial charge in [0.2, 0.25) is 5.89 Å². The van der Waals surface area contributed by atoms with E-state index in [0.717, 1.165) is 23.9 Å². The molecular formula is C15H17N3OS. The average molecular weight is 287 g/mol. The SMILES string of the molecule is CCc1cnc(CNC2=NCC(c3ccccc3)S2)o1. The average Bonchev–Trinajstić information content (AvgIpc) is 3.15. The Balaban J connectivity index is 1.53. The molecule has 2 aromatic rings. The fourth-order valence-electron chi connectivity index (χ4n) is 2.06. The van der Waals surface area contributed by atoms with Gasteiger partial charge in [-0.1, -0.05) is 49.0 Å². The molecule has 1 aliphatic rings. The van der Waals surface area contributed by atoms with Crippen molar-refractivity contribution < 1.29 is 4.42 Å². The fourth-order valence-corrected chi connectivity index (χ4v) is 3.07. The molecule has 1 atom stereocenters. The number of thioether (sulfide) groups is 1. The van der Waals surface area contributed by atoms with E-state index in [9.17, 15) is 0 Å². The monoisotopic (exact) mass is 287 g/mol. The molecular weight excluding hydrogens is 270 g/mol. The first kappa shape index (κ1) is 13.2. The maximum Gasteiger partial charge on any atom is 0.213 e. The number of rotatable bonds is 4. The Hall–Kier alpha value is -1.75. The minimum atomic E-state index is 0.412. The lowest BCUT2D eigenvalue weighted by Gasteiger charge is -2.08. The van der Waals surface area contributed by atoms with Gasteiger partial charge in [-0.05, 0) is 5.56 Å². The lowest BCUT2D eigenvalue weighted by molar-refractivity contribution is 0.454. The molecule has 0 spiro atoms. The van der Waals surface area contributed by atoms with Crippen LogP contribution in [0.4, 0.5) is 0 Å². The highest BCUT2D eigenvalue weighted by Crippen LogP contribution is 2.34. The van der Waals surface area contributed by atoms with Gasteiger partial charge in [-0.2, -0.15) is 0 Å². The smallest absolute Gasteiger partial charge is 0.213 e. The van der Waals surface area contributed by atoms with Gasteiger partial charge in [-0.15, -0.1) is 0 Å². The van der Waals surface area contributed by atoms with Crippen molar-refractivity contribution in [1.82, 2.24) is 10.3 Å². The summed E-state index contributed by atoms with van der Waals surface area (Å²) in [6.07, 6.45) is 2.66. The van der Waals surface area contributed by atoms with Crippen LogP contribution >= 0.6 is 11.8 Å². The number of aryl methyl sites for hydroxylation is 1. The van der Waals surface area contributed by atoms with Crippen LogP contribution in [0.3, 0.4) is 0 Å². The summed E-state index contributed by atoms with van der Waals surface area (Å²) >= 11 is 1.77. The third-order valence-corrected chi connectivity index (χ3v) is 4.37. The summed E-state index contributed by atoms with van der Waals surface area (Å²) in [7, 11) is 0. The Kier molecular flexibility index (Phi) is 4.06. The van der Waals surface area contributed by atoms with E-state index in [0.29, 0.717) is 17.7 Å². The van der Waals surface area contributed by atoms with E-state index in [1.807, 2.05) is 6.07 Å². The second kappa shape index (κ2) is 6.13. The van der Waals surface area contributed by atoms with E-state index in [1.165, 1.54) is 5.56 Å². The molecule has 0 radical (unpaired) electrons. The van der Waals surface area contributed by atoms with Crippen LogP contribution in [-0.4, -0.2) is 16.7 Å². The standard InChI is InChI=1S/C15H17N3OS/c1-2-12-8-16-14(19-12)10-18-15-17-9-13(20-15)11-6-4-3-5-7-11/h3-8,13H,2,9-10H2,1H3,(H,17,18). The van der Waals surface area contributed by atoms with Gasteiger partial charge in [0.1, 0.15) is 5.76 Å². The van der Waals surface area contributed by atoms with E-state index in [4.69, 9.17) is 4.42 Å². The lowest BCUT2D eigenvalue weighted by Crippen LogP contribution is -2.18. The molecule has 0 amide bonds. The molecule has 4 nitrogen and oxygen atoms in total. The predicted octanol–water partition coefficient (Wildman–Crippen LogP) is 3.17. The van der Waals surface area contributed by atoms with Crippen LogP contribution in [-0.2, 0) is 13.0 Å². The van der Waals surface area contributed by atoms with Gasteiger partial charge in [0, 0.05) is 6.42 Å². The minimum Gasteiger partial charge on any atom is -0.444 e.